The molecule has 0 aliphatic heterocycles. The molecule has 0 bridgehead atoms. The number of hydrogen-bond acceptors (Lipinski definition) is 3. The normalized spacial score (nSPS) is 12.9. The zero-order valence-electron chi connectivity index (χ0n) is 15.4. The first kappa shape index (κ1) is 21.6. The van der Waals surface area contributed by atoms with Crippen molar-refractivity contribution in [1.82, 2.24) is 10.6 Å². The molecule has 1 aromatic carbocycles. The molecule has 0 heterocycles. The highest BCUT2D eigenvalue weighted by Crippen LogP contribution is 2.09. The summed E-state index contributed by atoms with van der Waals surface area (Å²) in [7, 11) is 0. The second kappa shape index (κ2) is 11.2. The quantitative estimate of drug-likeness (QED) is 0.521. The zero-order valence-corrected chi connectivity index (χ0v) is 15.4. The van der Waals surface area contributed by atoms with Crippen LogP contribution in [0.4, 0.5) is 4.39 Å². The summed E-state index contributed by atoms with van der Waals surface area (Å²) >= 11 is 0. The van der Waals surface area contributed by atoms with Gasteiger partial charge in [0.15, 0.2) is 0 Å². The highest BCUT2D eigenvalue weighted by Gasteiger charge is 2.25. The molecule has 0 spiro atoms. The minimum atomic E-state index is -0.865. The SMILES string of the molecule is CCCCCC[C@@H](NC(=O)[C@H](Cc1ccc(F)cc1)NC(C)=O)C(N)=O. The van der Waals surface area contributed by atoms with Gasteiger partial charge in [-0.15, -0.1) is 0 Å². The van der Waals surface area contributed by atoms with Crippen LogP contribution >= 0.6 is 0 Å². The van der Waals surface area contributed by atoms with Crippen LogP contribution in [0.5, 0.6) is 0 Å². The zero-order chi connectivity index (χ0) is 19.5. The lowest BCUT2D eigenvalue weighted by atomic mass is 10.0. The van der Waals surface area contributed by atoms with Gasteiger partial charge in [-0.1, -0.05) is 44.7 Å². The van der Waals surface area contributed by atoms with Crippen molar-refractivity contribution in [1.29, 1.82) is 0 Å². The molecule has 0 saturated carbocycles. The Balaban J connectivity index is 2.74. The summed E-state index contributed by atoms with van der Waals surface area (Å²) in [6, 6.07) is 4.04. The maximum Gasteiger partial charge on any atom is 0.243 e. The summed E-state index contributed by atoms with van der Waals surface area (Å²) in [5, 5.41) is 5.19. The summed E-state index contributed by atoms with van der Waals surface area (Å²) in [5.74, 6) is -1.83. The predicted molar refractivity (Wildman–Crippen MR) is 97.6 cm³/mol. The first-order valence-electron chi connectivity index (χ1n) is 8.94. The molecule has 3 amide bonds. The minimum absolute atomic E-state index is 0.188. The van der Waals surface area contributed by atoms with Crippen molar-refractivity contribution >= 4 is 17.7 Å². The van der Waals surface area contributed by atoms with E-state index in [9.17, 15) is 18.8 Å². The fraction of sp³-hybridized carbons (Fsp3) is 0.526. The molecular formula is C19H28FN3O3. The molecule has 0 radical (unpaired) electrons. The fourth-order valence-corrected chi connectivity index (χ4v) is 2.64. The van der Waals surface area contributed by atoms with Crippen molar-refractivity contribution < 1.29 is 18.8 Å². The van der Waals surface area contributed by atoms with Crippen LogP contribution in [0, 0.1) is 5.82 Å². The molecular weight excluding hydrogens is 337 g/mol. The van der Waals surface area contributed by atoms with Crippen molar-refractivity contribution in [3.8, 4) is 0 Å². The summed E-state index contributed by atoms with van der Waals surface area (Å²) in [4.78, 5) is 35.6. The maximum atomic E-state index is 13.0. The number of nitrogens with one attached hydrogen (secondary N) is 2. The smallest absolute Gasteiger partial charge is 0.243 e. The Labute approximate surface area is 153 Å². The van der Waals surface area contributed by atoms with E-state index in [1.807, 2.05) is 0 Å². The van der Waals surface area contributed by atoms with Crippen LogP contribution in [0.3, 0.4) is 0 Å². The van der Waals surface area contributed by atoms with Gasteiger partial charge in [0.25, 0.3) is 0 Å². The number of hydrogen-bond donors (Lipinski definition) is 3. The predicted octanol–water partition coefficient (Wildman–Crippen LogP) is 1.81. The van der Waals surface area contributed by atoms with Gasteiger partial charge < -0.3 is 16.4 Å². The molecule has 7 heteroatoms. The van der Waals surface area contributed by atoms with Gasteiger partial charge >= 0.3 is 0 Å². The molecule has 0 unspecified atom stereocenters. The lowest BCUT2D eigenvalue weighted by Gasteiger charge is -2.21. The molecule has 1 rings (SSSR count). The number of rotatable bonds is 11. The van der Waals surface area contributed by atoms with Gasteiger partial charge in [-0.2, -0.15) is 0 Å². The summed E-state index contributed by atoms with van der Waals surface area (Å²) in [6.45, 7) is 3.39. The Morgan fingerprint density at radius 2 is 1.69 bits per heavy atom. The van der Waals surface area contributed by atoms with E-state index in [2.05, 4.69) is 17.6 Å². The second-order valence-corrected chi connectivity index (χ2v) is 6.40. The number of benzene rings is 1. The molecule has 0 saturated heterocycles. The van der Waals surface area contributed by atoms with Crippen LogP contribution in [0.15, 0.2) is 24.3 Å². The number of unbranched alkanes of at least 4 members (excludes halogenated alkanes) is 3. The first-order valence-corrected chi connectivity index (χ1v) is 8.94. The van der Waals surface area contributed by atoms with Crippen LogP contribution in [0.25, 0.3) is 0 Å². The summed E-state index contributed by atoms with van der Waals surface area (Å²) in [5.41, 5.74) is 6.08. The van der Waals surface area contributed by atoms with Crippen LogP contribution in [-0.2, 0) is 20.8 Å². The number of carbonyl (C=O) groups is 3. The molecule has 0 fully saturated rings. The van der Waals surface area contributed by atoms with Gasteiger partial charge in [-0.05, 0) is 24.1 Å². The van der Waals surface area contributed by atoms with E-state index in [1.165, 1.54) is 19.1 Å². The van der Waals surface area contributed by atoms with Crippen molar-refractivity contribution in [3.05, 3.63) is 35.6 Å². The van der Waals surface area contributed by atoms with E-state index in [-0.39, 0.29) is 18.1 Å². The topological polar surface area (TPSA) is 101 Å². The van der Waals surface area contributed by atoms with E-state index in [0.29, 0.717) is 12.0 Å². The van der Waals surface area contributed by atoms with Gasteiger partial charge in [0.05, 0.1) is 0 Å². The lowest BCUT2D eigenvalue weighted by Crippen LogP contribution is -2.53. The molecule has 0 aromatic heterocycles. The van der Waals surface area contributed by atoms with Crippen LogP contribution in [0.2, 0.25) is 0 Å². The van der Waals surface area contributed by atoms with E-state index in [0.717, 1.165) is 25.7 Å². The van der Waals surface area contributed by atoms with Gasteiger partial charge in [-0.3, -0.25) is 14.4 Å². The minimum Gasteiger partial charge on any atom is -0.368 e. The lowest BCUT2D eigenvalue weighted by molar-refractivity contribution is -0.130. The van der Waals surface area contributed by atoms with Gasteiger partial charge in [0.2, 0.25) is 17.7 Å². The molecule has 26 heavy (non-hydrogen) atoms. The molecule has 0 aliphatic rings. The van der Waals surface area contributed by atoms with Crippen molar-refractivity contribution in [3.63, 3.8) is 0 Å². The third-order valence-electron chi connectivity index (χ3n) is 4.05. The van der Waals surface area contributed by atoms with Crippen molar-refractivity contribution in [2.24, 2.45) is 5.73 Å². The number of halogens is 1. The Morgan fingerprint density at radius 3 is 2.23 bits per heavy atom. The largest absolute Gasteiger partial charge is 0.368 e. The average molecular weight is 365 g/mol. The highest BCUT2D eigenvalue weighted by atomic mass is 19.1. The van der Waals surface area contributed by atoms with E-state index >= 15 is 0 Å². The molecule has 144 valence electrons. The summed E-state index contributed by atoms with van der Waals surface area (Å²) < 4.78 is 13.0. The second-order valence-electron chi connectivity index (χ2n) is 6.40. The Bertz CT molecular complexity index is 605. The fourth-order valence-electron chi connectivity index (χ4n) is 2.64. The number of amides is 3. The van der Waals surface area contributed by atoms with Crippen LogP contribution in [-0.4, -0.2) is 29.8 Å². The summed E-state index contributed by atoms with van der Waals surface area (Å²) in [6.07, 6.45) is 4.51. The van der Waals surface area contributed by atoms with E-state index < -0.39 is 23.9 Å². The monoisotopic (exact) mass is 365 g/mol. The Hall–Kier alpha value is -2.44. The molecule has 1 aromatic rings. The Kier molecular flexibility index (Phi) is 9.33. The van der Waals surface area contributed by atoms with Crippen molar-refractivity contribution in [2.45, 2.75) is 64.5 Å². The molecule has 6 nitrogen and oxygen atoms in total. The third kappa shape index (κ3) is 8.09. The van der Waals surface area contributed by atoms with E-state index in [4.69, 9.17) is 5.73 Å². The van der Waals surface area contributed by atoms with Crippen molar-refractivity contribution in [2.75, 3.05) is 0 Å². The molecule has 2 atom stereocenters. The number of nitrogens with two attached hydrogens (primary N) is 1. The standard InChI is InChI=1S/C19H28FN3O3/c1-3-4-5-6-7-16(18(21)25)23-19(26)17(22-13(2)24)12-14-8-10-15(20)11-9-14/h8-11,16-17H,3-7,12H2,1-2H3,(H2,21,25)(H,22,24)(H,23,26)/t16-,17+/m1/s1. The number of carbonyl (C=O) groups excluding carboxylic acids is 3. The van der Waals surface area contributed by atoms with Crippen LogP contribution < -0.4 is 16.4 Å². The van der Waals surface area contributed by atoms with Crippen LogP contribution in [0.1, 0.15) is 51.5 Å². The van der Waals surface area contributed by atoms with Gasteiger partial charge in [-0.25, -0.2) is 4.39 Å². The number of primary amides is 1. The van der Waals surface area contributed by atoms with Gasteiger partial charge in [0.1, 0.15) is 17.9 Å². The molecule has 0 aliphatic carbocycles. The van der Waals surface area contributed by atoms with Gasteiger partial charge in [0, 0.05) is 13.3 Å². The highest BCUT2D eigenvalue weighted by molar-refractivity contribution is 5.91. The maximum absolute atomic E-state index is 13.0. The first-order chi connectivity index (χ1) is 12.3. The third-order valence-corrected chi connectivity index (χ3v) is 4.05. The van der Waals surface area contributed by atoms with E-state index in [1.54, 1.807) is 12.1 Å². The molecule has 4 N–H and O–H groups in total. The Morgan fingerprint density at radius 1 is 1.04 bits per heavy atom. The average Bonchev–Trinajstić information content (AvgIpc) is 2.58.